The van der Waals surface area contributed by atoms with Crippen molar-refractivity contribution in [3.63, 3.8) is 0 Å². The fourth-order valence-corrected chi connectivity index (χ4v) is 1.96. The van der Waals surface area contributed by atoms with E-state index in [1.165, 1.54) is 0 Å². The number of hydrogen-bond acceptors (Lipinski definition) is 3. The molecular formula is C13H15BrN2O2. The summed E-state index contributed by atoms with van der Waals surface area (Å²) < 4.78 is 12.8. The zero-order chi connectivity index (χ0) is 13.0. The molecule has 0 aliphatic carbocycles. The van der Waals surface area contributed by atoms with Crippen LogP contribution in [0.3, 0.4) is 0 Å². The molecule has 0 fully saturated rings. The van der Waals surface area contributed by atoms with E-state index in [-0.39, 0.29) is 0 Å². The van der Waals surface area contributed by atoms with Crippen LogP contribution in [0.1, 0.15) is 11.3 Å². The van der Waals surface area contributed by atoms with Crippen molar-refractivity contribution >= 4 is 15.9 Å². The first kappa shape index (κ1) is 13.0. The Hall–Kier alpha value is -1.49. The smallest absolute Gasteiger partial charge is 0.162 e. The van der Waals surface area contributed by atoms with Gasteiger partial charge in [0.15, 0.2) is 11.5 Å². The normalized spacial score (nSPS) is 10.4. The van der Waals surface area contributed by atoms with Gasteiger partial charge < -0.3 is 9.47 Å². The number of aryl methyl sites for hydroxylation is 1. The van der Waals surface area contributed by atoms with E-state index in [9.17, 15) is 0 Å². The third-order valence-corrected chi connectivity index (χ3v) is 3.17. The van der Waals surface area contributed by atoms with Gasteiger partial charge in [0.2, 0.25) is 0 Å². The highest BCUT2D eigenvalue weighted by molar-refractivity contribution is 9.08. The molecule has 0 amide bonds. The molecule has 1 aromatic heterocycles. The summed E-state index contributed by atoms with van der Waals surface area (Å²) in [7, 11) is 3.52. The summed E-state index contributed by atoms with van der Waals surface area (Å²) in [6.45, 7) is 0.433. The Balaban J connectivity index is 2.11. The van der Waals surface area contributed by atoms with E-state index < -0.39 is 0 Å². The lowest BCUT2D eigenvalue weighted by atomic mass is 10.2. The number of alkyl halides is 1. The molecule has 0 bridgehead atoms. The van der Waals surface area contributed by atoms with Crippen molar-refractivity contribution < 1.29 is 9.47 Å². The summed E-state index contributed by atoms with van der Waals surface area (Å²) in [5.74, 6) is 1.47. The predicted octanol–water partition coefficient (Wildman–Crippen LogP) is 2.90. The highest BCUT2D eigenvalue weighted by Crippen LogP contribution is 2.29. The molecule has 0 aliphatic heterocycles. The maximum Gasteiger partial charge on any atom is 0.162 e. The van der Waals surface area contributed by atoms with Crippen LogP contribution in [0.4, 0.5) is 0 Å². The van der Waals surface area contributed by atoms with Crippen LogP contribution in [0.15, 0.2) is 30.5 Å². The molecule has 0 saturated heterocycles. The van der Waals surface area contributed by atoms with Crippen molar-refractivity contribution in [2.75, 3.05) is 7.11 Å². The third kappa shape index (κ3) is 3.04. The molecule has 1 heterocycles. The minimum absolute atomic E-state index is 0.433. The van der Waals surface area contributed by atoms with Gasteiger partial charge in [-0.25, -0.2) is 0 Å². The van der Waals surface area contributed by atoms with Crippen LogP contribution in [0, 0.1) is 0 Å². The zero-order valence-electron chi connectivity index (χ0n) is 10.4. The van der Waals surface area contributed by atoms with Crippen molar-refractivity contribution in [3.05, 3.63) is 41.7 Å². The minimum Gasteiger partial charge on any atom is -0.493 e. The summed E-state index contributed by atoms with van der Waals surface area (Å²) in [6.07, 6.45) is 1.89. The second kappa shape index (κ2) is 5.91. The maximum absolute atomic E-state index is 5.75. The minimum atomic E-state index is 0.433. The van der Waals surface area contributed by atoms with E-state index in [0.717, 1.165) is 28.1 Å². The molecule has 18 heavy (non-hydrogen) atoms. The maximum atomic E-state index is 5.75. The quantitative estimate of drug-likeness (QED) is 0.797. The second-order valence-electron chi connectivity index (χ2n) is 3.89. The molecule has 0 radical (unpaired) electrons. The zero-order valence-corrected chi connectivity index (χ0v) is 12.0. The predicted molar refractivity (Wildman–Crippen MR) is 73.2 cm³/mol. The molecule has 0 atom stereocenters. The van der Waals surface area contributed by atoms with Gasteiger partial charge in [-0.2, -0.15) is 5.10 Å². The van der Waals surface area contributed by atoms with Crippen LogP contribution in [-0.4, -0.2) is 16.9 Å². The fourth-order valence-electron chi connectivity index (χ4n) is 1.61. The summed E-state index contributed by atoms with van der Waals surface area (Å²) in [4.78, 5) is 0. The number of halogens is 1. The summed E-state index contributed by atoms with van der Waals surface area (Å²) in [5, 5.41) is 5.05. The van der Waals surface area contributed by atoms with Gasteiger partial charge in [0.1, 0.15) is 6.61 Å². The van der Waals surface area contributed by atoms with Crippen LogP contribution in [0.2, 0.25) is 0 Å². The average molecular weight is 311 g/mol. The van der Waals surface area contributed by atoms with Gasteiger partial charge in [-0.05, 0) is 23.8 Å². The van der Waals surface area contributed by atoms with E-state index in [1.54, 1.807) is 11.8 Å². The number of rotatable bonds is 5. The SMILES string of the molecule is COc1ccc(CBr)cc1OCc1ccn(C)n1. The molecule has 0 unspecified atom stereocenters. The summed E-state index contributed by atoms with van der Waals surface area (Å²) in [6, 6.07) is 7.81. The second-order valence-corrected chi connectivity index (χ2v) is 4.45. The number of methoxy groups -OCH3 is 1. The Bertz CT molecular complexity index is 525. The highest BCUT2D eigenvalue weighted by atomic mass is 79.9. The number of hydrogen-bond donors (Lipinski definition) is 0. The molecular weight excluding hydrogens is 296 g/mol. The van der Waals surface area contributed by atoms with Crippen molar-refractivity contribution in [1.29, 1.82) is 0 Å². The number of ether oxygens (including phenoxy) is 2. The average Bonchev–Trinajstić information content (AvgIpc) is 2.81. The molecule has 2 rings (SSSR count). The van der Waals surface area contributed by atoms with Crippen LogP contribution in [0.5, 0.6) is 11.5 Å². The van der Waals surface area contributed by atoms with Crippen LogP contribution in [-0.2, 0) is 19.0 Å². The molecule has 0 N–H and O–H groups in total. The lowest BCUT2D eigenvalue weighted by Gasteiger charge is -2.10. The van der Waals surface area contributed by atoms with Crippen LogP contribution in [0.25, 0.3) is 0 Å². The van der Waals surface area contributed by atoms with E-state index >= 15 is 0 Å². The van der Waals surface area contributed by atoms with Gasteiger partial charge in [0.25, 0.3) is 0 Å². The third-order valence-electron chi connectivity index (χ3n) is 2.53. The summed E-state index contributed by atoms with van der Waals surface area (Å²) in [5.41, 5.74) is 2.04. The number of nitrogens with zero attached hydrogens (tertiary/aromatic N) is 2. The number of aromatic nitrogens is 2. The molecule has 0 saturated carbocycles. The highest BCUT2D eigenvalue weighted by Gasteiger charge is 2.06. The summed E-state index contributed by atoms with van der Waals surface area (Å²) >= 11 is 3.43. The molecule has 0 aliphatic rings. The van der Waals surface area contributed by atoms with E-state index in [1.807, 2.05) is 37.5 Å². The lowest BCUT2D eigenvalue weighted by molar-refractivity contribution is 0.279. The molecule has 4 nitrogen and oxygen atoms in total. The van der Waals surface area contributed by atoms with Gasteiger partial charge in [0.05, 0.1) is 12.8 Å². The first-order valence-electron chi connectivity index (χ1n) is 5.57. The Morgan fingerprint density at radius 3 is 2.72 bits per heavy atom. The van der Waals surface area contributed by atoms with E-state index in [4.69, 9.17) is 9.47 Å². The standard InChI is InChI=1S/C13H15BrN2O2/c1-16-6-5-11(15-16)9-18-13-7-10(8-14)3-4-12(13)17-2/h3-7H,8-9H2,1-2H3. The molecule has 96 valence electrons. The Kier molecular flexibility index (Phi) is 4.25. The topological polar surface area (TPSA) is 36.3 Å². The van der Waals surface area contributed by atoms with E-state index in [2.05, 4.69) is 21.0 Å². The molecule has 5 heteroatoms. The van der Waals surface area contributed by atoms with Crippen LogP contribution >= 0.6 is 15.9 Å². The largest absolute Gasteiger partial charge is 0.493 e. The van der Waals surface area contributed by atoms with Crippen molar-refractivity contribution in [1.82, 2.24) is 9.78 Å². The molecule has 1 aromatic carbocycles. The van der Waals surface area contributed by atoms with E-state index in [0.29, 0.717) is 6.61 Å². The van der Waals surface area contributed by atoms with Crippen molar-refractivity contribution in [2.45, 2.75) is 11.9 Å². The van der Waals surface area contributed by atoms with Gasteiger partial charge in [-0.3, -0.25) is 4.68 Å². The first-order valence-corrected chi connectivity index (χ1v) is 6.69. The first-order chi connectivity index (χ1) is 8.72. The van der Waals surface area contributed by atoms with Gasteiger partial charge in [-0.1, -0.05) is 22.0 Å². The Labute approximate surface area is 115 Å². The van der Waals surface area contributed by atoms with Gasteiger partial charge in [0, 0.05) is 18.6 Å². The van der Waals surface area contributed by atoms with Gasteiger partial charge in [-0.15, -0.1) is 0 Å². The monoisotopic (exact) mass is 310 g/mol. The lowest BCUT2D eigenvalue weighted by Crippen LogP contribution is -2.00. The Morgan fingerprint density at radius 2 is 2.11 bits per heavy atom. The van der Waals surface area contributed by atoms with Crippen LogP contribution < -0.4 is 9.47 Å². The van der Waals surface area contributed by atoms with Gasteiger partial charge >= 0.3 is 0 Å². The molecule has 0 spiro atoms. The van der Waals surface area contributed by atoms with Crippen molar-refractivity contribution in [3.8, 4) is 11.5 Å². The Morgan fingerprint density at radius 1 is 1.28 bits per heavy atom. The number of benzene rings is 1. The van der Waals surface area contributed by atoms with Crippen molar-refractivity contribution in [2.24, 2.45) is 7.05 Å². The molecule has 2 aromatic rings. The fraction of sp³-hybridized carbons (Fsp3) is 0.308.